The highest BCUT2D eigenvalue weighted by molar-refractivity contribution is 5.76. The number of aromatic nitrogens is 4. The average molecular weight is 553 g/mol. The van der Waals surface area contributed by atoms with Gasteiger partial charge in [0.25, 0.3) is 5.88 Å². The number of nitrogens with zero attached hydrogens (tertiary/aromatic N) is 5. The largest absolute Gasteiger partial charge is 0.494 e. The highest BCUT2D eigenvalue weighted by Crippen LogP contribution is 2.41. The molecule has 1 N–H and O–H groups in total. The van der Waals surface area contributed by atoms with Crippen LogP contribution in [-0.2, 0) is 0 Å². The van der Waals surface area contributed by atoms with Crippen LogP contribution in [0, 0.1) is 12.8 Å². The third-order valence-electron chi connectivity index (χ3n) is 6.76. The number of carbonyl (C=O) groups excluding carboxylic acids is 1. The van der Waals surface area contributed by atoms with Crippen LogP contribution in [0.1, 0.15) is 50.0 Å². The monoisotopic (exact) mass is 552 g/mol. The maximum Gasteiger partial charge on any atom is 0.414 e. The van der Waals surface area contributed by atoms with E-state index in [9.17, 15) is 22.4 Å². The molecular formula is C26H32F4N6O3. The molecule has 0 spiro atoms. The van der Waals surface area contributed by atoms with Crippen LogP contribution in [0.4, 0.5) is 22.4 Å². The van der Waals surface area contributed by atoms with Crippen LogP contribution in [0.15, 0.2) is 24.7 Å². The van der Waals surface area contributed by atoms with Crippen molar-refractivity contribution < 1.29 is 31.8 Å². The summed E-state index contributed by atoms with van der Waals surface area (Å²) in [5, 5.41) is 2.72. The SMILES string of the molecule is CCN(C(=O)NC(CCCF)C1CC1)C(c1cc(-c2cn3cc(C)nc3c(OC)n2)c(OC)cn1)C(F)(F)F. The minimum Gasteiger partial charge on any atom is -0.494 e. The molecule has 13 heteroatoms. The molecule has 2 unspecified atom stereocenters. The molecule has 3 aromatic heterocycles. The normalized spacial score (nSPS) is 15.2. The Kier molecular flexibility index (Phi) is 8.45. The molecule has 1 aliphatic carbocycles. The molecule has 0 radical (unpaired) electrons. The van der Waals surface area contributed by atoms with Gasteiger partial charge >= 0.3 is 12.2 Å². The van der Waals surface area contributed by atoms with E-state index in [1.165, 1.54) is 33.4 Å². The zero-order valence-corrected chi connectivity index (χ0v) is 22.3. The summed E-state index contributed by atoms with van der Waals surface area (Å²) < 4.78 is 68.9. The van der Waals surface area contributed by atoms with Crippen LogP contribution in [-0.4, -0.2) is 69.9 Å². The van der Waals surface area contributed by atoms with Crippen LogP contribution >= 0.6 is 0 Å². The Morgan fingerprint density at radius 2 is 1.97 bits per heavy atom. The highest BCUT2D eigenvalue weighted by Gasteiger charge is 2.48. The van der Waals surface area contributed by atoms with Crippen molar-refractivity contribution in [1.29, 1.82) is 0 Å². The summed E-state index contributed by atoms with van der Waals surface area (Å²) in [6.45, 7) is 2.48. The van der Waals surface area contributed by atoms with Gasteiger partial charge in [-0.1, -0.05) is 0 Å². The number of methoxy groups -OCH3 is 2. The summed E-state index contributed by atoms with van der Waals surface area (Å²) in [4.78, 5) is 26.7. The first-order valence-electron chi connectivity index (χ1n) is 12.8. The lowest BCUT2D eigenvalue weighted by Gasteiger charge is -2.33. The standard InChI is InChI=1S/C26H32F4N6O3/c1-5-36(25(37)34-18(7-6-10-27)16-8-9-16)22(26(28,29)30)19-11-17(21(38-3)12-31-19)20-14-35-13-15(2)32-23(35)24(33-20)39-4/h11-14,16,18,22H,5-10H2,1-4H3,(H,34,37). The van der Waals surface area contributed by atoms with E-state index in [-0.39, 0.29) is 47.8 Å². The average Bonchev–Trinajstić information content (AvgIpc) is 3.68. The van der Waals surface area contributed by atoms with Gasteiger partial charge in [-0.2, -0.15) is 13.2 Å². The van der Waals surface area contributed by atoms with Crippen molar-refractivity contribution in [2.75, 3.05) is 27.4 Å². The molecule has 0 bridgehead atoms. The van der Waals surface area contributed by atoms with Gasteiger partial charge in [-0.3, -0.25) is 9.37 Å². The second-order valence-corrected chi connectivity index (χ2v) is 9.51. The first-order chi connectivity index (χ1) is 18.6. The fourth-order valence-electron chi connectivity index (χ4n) is 4.74. The predicted molar refractivity (Wildman–Crippen MR) is 135 cm³/mol. The third-order valence-corrected chi connectivity index (χ3v) is 6.76. The molecule has 1 aliphatic rings. The predicted octanol–water partition coefficient (Wildman–Crippen LogP) is 5.28. The molecule has 0 aliphatic heterocycles. The van der Waals surface area contributed by atoms with Crippen LogP contribution in [0.25, 0.3) is 16.9 Å². The van der Waals surface area contributed by atoms with Crippen molar-refractivity contribution in [3.8, 4) is 22.9 Å². The number of hydrogen-bond donors (Lipinski definition) is 1. The van der Waals surface area contributed by atoms with E-state index in [0.717, 1.165) is 12.8 Å². The maximum absolute atomic E-state index is 14.6. The Balaban J connectivity index is 1.74. The van der Waals surface area contributed by atoms with E-state index in [4.69, 9.17) is 9.47 Å². The number of carbonyl (C=O) groups is 1. The quantitative estimate of drug-likeness (QED) is 0.326. The Morgan fingerprint density at radius 3 is 2.56 bits per heavy atom. The van der Waals surface area contributed by atoms with Crippen molar-refractivity contribution in [1.82, 2.24) is 29.6 Å². The molecule has 0 saturated heterocycles. The van der Waals surface area contributed by atoms with Crippen molar-refractivity contribution >= 4 is 11.7 Å². The number of rotatable bonds is 11. The third kappa shape index (κ3) is 6.17. The van der Waals surface area contributed by atoms with Gasteiger partial charge in [-0.25, -0.2) is 14.8 Å². The molecule has 2 atom stereocenters. The molecule has 3 heterocycles. The summed E-state index contributed by atoms with van der Waals surface area (Å²) in [6, 6.07) is -2.36. The van der Waals surface area contributed by atoms with Crippen LogP contribution in [0.2, 0.25) is 0 Å². The van der Waals surface area contributed by atoms with Gasteiger partial charge in [-0.15, -0.1) is 0 Å². The Bertz CT molecular complexity index is 1310. The van der Waals surface area contributed by atoms with E-state index in [1.807, 2.05) is 0 Å². The minimum absolute atomic E-state index is 0.150. The smallest absolute Gasteiger partial charge is 0.414 e. The lowest BCUT2D eigenvalue weighted by molar-refractivity contribution is -0.179. The molecule has 212 valence electrons. The molecule has 1 saturated carbocycles. The second-order valence-electron chi connectivity index (χ2n) is 9.51. The van der Waals surface area contributed by atoms with Gasteiger partial charge in [0.1, 0.15) is 5.75 Å². The van der Waals surface area contributed by atoms with Gasteiger partial charge in [0.2, 0.25) is 5.65 Å². The molecule has 2 amide bonds. The van der Waals surface area contributed by atoms with Crippen LogP contribution < -0.4 is 14.8 Å². The summed E-state index contributed by atoms with van der Waals surface area (Å²) >= 11 is 0. The summed E-state index contributed by atoms with van der Waals surface area (Å²) in [6.07, 6.45) is 2.00. The number of urea groups is 1. The first kappa shape index (κ1) is 28.4. The fourth-order valence-corrected chi connectivity index (χ4v) is 4.74. The summed E-state index contributed by atoms with van der Waals surface area (Å²) in [5.74, 6) is 0.525. The zero-order valence-electron chi connectivity index (χ0n) is 22.3. The number of hydrogen-bond acceptors (Lipinski definition) is 6. The van der Waals surface area contributed by atoms with E-state index < -0.39 is 30.6 Å². The Labute approximate surface area is 223 Å². The molecule has 9 nitrogen and oxygen atoms in total. The number of ether oxygens (including phenoxy) is 2. The second kappa shape index (κ2) is 11.6. The Hall–Kier alpha value is -3.64. The van der Waals surface area contributed by atoms with E-state index in [1.54, 1.807) is 23.7 Å². The van der Waals surface area contributed by atoms with Gasteiger partial charge in [0.15, 0.2) is 6.04 Å². The number of aryl methyl sites for hydroxylation is 1. The zero-order chi connectivity index (χ0) is 28.3. The van der Waals surface area contributed by atoms with Crippen molar-refractivity contribution in [2.45, 2.75) is 57.8 Å². The van der Waals surface area contributed by atoms with Gasteiger partial charge in [-0.05, 0) is 51.5 Å². The minimum atomic E-state index is -4.84. The lowest BCUT2D eigenvalue weighted by atomic mass is 10.1. The number of fused-ring (bicyclic) bond motifs is 1. The van der Waals surface area contributed by atoms with Crippen LogP contribution in [0.5, 0.6) is 11.6 Å². The number of imidazole rings is 1. The number of nitrogens with one attached hydrogen (secondary N) is 1. The van der Waals surface area contributed by atoms with Gasteiger partial charge in [0, 0.05) is 30.5 Å². The van der Waals surface area contributed by atoms with Crippen molar-refractivity contribution in [3.05, 3.63) is 36.0 Å². The van der Waals surface area contributed by atoms with E-state index in [0.29, 0.717) is 22.7 Å². The van der Waals surface area contributed by atoms with Crippen molar-refractivity contribution in [3.63, 3.8) is 0 Å². The fraction of sp³-hybridized carbons (Fsp3) is 0.538. The number of amides is 2. The summed E-state index contributed by atoms with van der Waals surface area (Å²) in [5.41, 5.74) is 1.26. The highest BCUT2D eigenvalue weighted by atomic mass is 19.4. The lowest BCUT2D eigenvalue weighted by Crippen LogP contribution is -2.50. The van der Waals surface area contributed by atoms with Gasteiger partial charge in [0.05, 0.1) is 44.2 Å². The number of alkyl halides is 4. The number of pyridine rings is 1. The van der Waals surface area contributed by atoms with Gasteiger partial charge < -0.3 is 24.1 Å². The molecule has 1 fully saturated rings. The first-order valence-corrected chi connectivity index (χ1v) is 12.8. The topological polar surface area (TPSA) is 93.9 Å². The number of halogens is 4. The molecule has 4 rings (SSSR count). The van der Waals surface area contributed by atoms with E-state index >= 15 is 0 Å². The Morgan fingerprint density at radius 1 is 1.23 bits per heavy atom. The molecule has 3 aromatic rings. The summed E-state index contributed by atoms with van der Waals surface area (Å²) in [7, 11) is 2.80. The van der Waals surface area contributed by atoms with Crippen molar-refractivity contribution in [2.24, 2.45) is 5.92 Å². The molecular weight excluding hydrogens is 520 g/mol. The van der Waals surface area contributed by atoms with E-state index in [2.05, 4.69) is 20.3 Å². The van der Waals surface area contributed by atoms with Crippen LogP contribution in [0.3, 0.4) is 0 Å². The molecule has 0 aromatic carbocycles. The molecule has 39 heavy (non-hydrogen) atoms. The maximum atomic E-state index is 14.6.